The number of nitrogens with one attached hydrogen (secondary N) is 2. The van der Waals surface area contributed by atoms with Crippen molar-refractivity contribution in [3.8, 4) is 0 Å². The Hall–Kier alpha value is -1.96. The smallest absolute Gasteiger partial charge is 0.230 e. The first-order chi connectivity index (χ1) is 13.8. The zero-order valence-electron chi connectivity index (χ0n) is 16.2. The van der Waals surface area contributed by atoms with Gasteiger partial charge in [0.25, 0.3) is 0 Å². The first kappa shape index (κ1) is 19.4. The van der Waals surface area contributed by atoms with Gasteiger partial charge in [-0.15, -0.1) is 11.3 Å². The number of amides is 1. The molecule has 2 fully saturated rings. The average Bonchev–Trinajstić information content (AvgIpc) is 3.10. The third-order valence-corrected chi connectivity index (χ3v) is 6.53. The molecule has 1 saturated carbocycles. The van der Waals surface area contributed by atoms with E-state index in [2.05, 4.69) is 20.5 Å². The Labute approximate surface area is 170 Å². The summed E-state index contributed by atoms with van der Waals surface area (Å²) in [6.45, 7) is 5.62. The van der Waals surface area contributed by atoms with Crippen molar-refractivity contribution in [1.82, 2.24) is 9.88 Å². The maximum atomic E-state index is 12.3. The van der Waals surface area contributed by atoms with Crippen molar-refractivity contribution in [3.63, 3.8) is 0 Å². The maximum absolute atomic E-state index is 12.3. The van der Waals surface area contributed by atoms with Crippen molar-refractivity contribution in [2.45, 2.75) is 31.6 Å². The minimum absolute atomic E-state index is 0.0115. The summed E-state index contributed by atoms with van der Waals surface area (Å²) in [4.78, 5) is 20.4. The van der Waals surface area contributed by atoms with Gasteiger partial charge in [-0.2, -0.15) is 0 Å². The number of anilines is 2. The molecule has 1 aromatic carbocycles. The summed E-state index contributed by atoms with van der Waals surface area (Å²) >= 11 is 1.61. The minimum Gasteiger partial charge on any atom is -0.384 e. The summed E-state index contributed by atoms with van der Waals surface area (Å²) in [5.74, 6) is 0.647. The fourth-order valence-electron chi connectivity index (χ4n) is 3.50. The molecular formula is C21H28N4O2S. The van der Waals surface area contributed by atoms with Crippen LogP contribution in [0.5, 0.6) is 0 Å². The SMILES string of the molecule is O=C(Cc1ccc(NCCN2CCOCC2)cc1)Nc1ncc(C2CCC2)s1. The van der Waals surface area contributed by atoms with Gasteiger partial charge in [0.1, 0.15) is 0 Å². The van der Waals surface area contributed by atoms with Gasteiger partial charge in [0.05, 0.1) is 19.6 Å². The fourth-order valence-corrected chi connectivity index (χ4v) is 4.50. The Kier molecular flexibility index (Phi) is 6.57. The van der Waals surface area contributed by atoms with Gasteiger partial charge in [0.2, 0.25) is 5.91 Å². The van der Waals surface area contributed by atoms with Crippen LogP contribution < -0.4 is 10.6 Å². The predicted octanol–water partition coefficient (Wildman–Crippen LogP) is 3.34. The molecule has 1 amide bonds. The summed E-state index contributed by atoms with van der Waals surface area (Å²) in [5.41, 5.74) is 2.09. The van der Waals surface area contributed by atoms with Gasteiger partial charge in [0.15, 0.2) is 5.13 Å². The number of hydrogen-bond acceptors (Lipinski definition) is 6. The van der Waals surface area contributed by atoms with Gasteiger partial charge in [-0.25, -0.2) is 4.98 Å². The van der Waals surface area contributed by atoms with E-state index in [1.807, 2.05) is 30.5 Å². The largest absolute Gasteiger partial charge is 0.384 e. The van der Waals surface area contributed by atoms with Crippen molar-refractivity contribution in [1.29, 1.82) is 0 Å². The van der Waals surface area contributed by atoms with Gasteiger partial charge >= 0.3 is 0 Å². The molecule has 1 aliphatic carbocycles. The molecule has 2 aromatic rings. The number of benzene rings is 1. The first-order valence-electron chi connectivity index (χ1n) is 10.1. The molecule has 0 atom stereocenters. The molecule has 0 spiro atoms. The van der Waals surface area contributed by atoms with E-state index in [-0.39, 0.29) is 5.91 Å². The van der Waals surface area contributed by atoms with Crippen molar-refractivity contribution in [2.75, 3.05) is 50.0 Å². The molecule has 7 heteroatoms. The van der Waals surface area contributed by atoms with E-state index in [9.17, 15) is 4.79 Å². The molecule has 4 rings (SSSR count). The number of rotatable bonds is 8. The molecule has 1 aromatic heterocycles. The van der Waals surface area contributed by atoms with Crippen molar-refractivity contribution in [2.24, 2.45) is 0 Å². The van der Waals surface area contributed by atoms with E-state index in [1.54, 1.807) is 11.3 Å². The molecule has 1 aliphatic heterocycles. The van der Waals surface area contributed by atoms with Crippen LogP contribution in [0.2, 0.25) is 0 Å². The van der Waals surface area contributed by atoms with Crippen LogP contribution in [0.3, 0.4) is 0 Å². The number of carbonyl (C=O) groups is 1. The Morgan fingerprint density at radius 2 is 2.00 bits per heavy atom. The standard InChI is InChI=1S/C21H28N4O2S/c26-20(24-21-23-15-19(28-21)17-2-1-3-17)14-16-4-6-18(7-5-16)22-8-9-25-10-12-27-13-11-25/h4-7,15,17,22H,1-3,8-14H2,(H,23,24,26). The van der Waals surface area contributed by atoms with E-state index in [4.69, 9.17) is 4.74 Å². The van der Waals surface area contributed by atoms with E-state index in [0.717, 1.165) is 50.6 Å². The number of morpholine rings is 1. The second-order valence-corrected chi connectivity index (χ2v) is 8.56. The van der Waals surface area contributed by atoms with Crippen LogP contribution in [0.25, 0.3) is 0 Å². The van der Waals surface area contributed by atoms with Crippen LogP contribution in [0.1, 0.15) is 35.6 Å². The highest BCUT2D eigenvalue weighted by Crippen LogP contribution is 2.39. The molecule has 2 aliphatic rings. The molecule has 2 heterocycles. The third-order valence-electron chi connectivity index (χ3n) is 5.46. The zero-order chi connectivity index (χ0) is 19.2. The topological polar surface area (TPSA) is 66.5 Å². The second-order valence-electron chi connectivity index (χ2n) is 7.50. The summed E-state index contributed by atoms with van der Waals surface area (Å²) in [6.07, 6.45) is 6.10. The maximum Gasteiger partial charge on any atom is 0.230 e. The normalized spacial score (nSPS) is 17.9. The van der Waals surface area contributed by atoms with Crippen LogP contribution in [-0.2, 0) is 16.0 Å². The second kappa shape index (κ2) is 9.49. The van der Waals surface area contributed by atoms with Gasteiger partial charge in [-0.1, -0.05) is 18.6 Å². The van der Waals surface area contributed by atoms with Crippen LogP contribution in [0.15, 0.2) is 30.5 Å². The average molecular weight is 401 g/mol. The van der Waals surface area contributed by atoms with E-state index in [0.29, 0.717) is 17.5 Å². The lowest BCUT2D eigenvalue weighted by Crippen LogP contribution is -2.38. The van der Waals surface area contributed by atoms with Crippen molar-refractivity contribution < 1.29 is 9.53 Å². The summed E-state index contributed by atoms with van der Waals surface area (Å²) in [6, 6.07) is 8.11. The van der Waals surface area contributed by atoms with Crippen LogP contribution >= 0.6 is 11.3 Å². The highest BCUT2D eigenvalue weighted by atomic mass is 32.1. The molecule has 0 unspecified atom stereocenters. The number of carbonyl (C=O) groups excluding carboxylic acids is 1. The Balaban J connectivity index is 1.20. The molecule has 0 radical (unpaired) electrons. The van der Waals surface area contributed by atoms with E-state index >= 15 is 0 Å². The lowest BCUT2D eigenvalue weighted by molar-refractivity contribution is -0.115. The number of hydrogen-bond donors (Lipinski definition) is 2. The molecule has 6 nitrogen and oxygen atoms in total. The van der Waals surface area contributed by atoms with Crippen molar-refractivity contribution in [3.05, 3.63) is 40.9 Å². The molecule has 2 N–H and O–H groups in total. The highest BCUT2D eigenvalue weighted by Gasteiger charge is 2.22. The Bertz CT molecular complexity index is 767. The highest BCUT2D eigenvalue weighted by molar-refractivity contribution is 7.15. The third kappa shape index (κ3) is 5.31. The number of ether oxygens (including phenoxy) is 1. The lowest BCUT2D eigenvalue weighted by Gasteiger charge is -2.26. The zero-order valence-corrected chi connectivity index (χ0v) is 17.0. The molecule has 0 bridgehead atoms. The number of thiazole rings is 1. The molecular weight excluding hydrogens is 372 g/mol. The Morgan fingerprint density at radius 3 is 2.71 bits per heavy atom. The molecule has 150 valence electrons. The van der Waals surface area contributed by atoms with Gasteiger partial charge < -0.3 is 15.4 Å². The quantitative estimate of drug-likeness (QED) is 0.711. The summed E-state index contributed by atoms with van der Waals surface area (Å²) in [7, 11) is 0. The van der Waals surface area contributed by atoms with Gasteiger partial charge in [0, 0.05) is 42.9 Å². The fraction of sp³-hybridized carbons (Fsp3) is 0.524. The van der Waals surface area contributed by atoms with Gasteiger partial charge in [-0.3, -0.25) is 9.69 Å². The van der Waals surface area contributed by atoms with Crippen LogP contribution in [0, 0.1) is 0 Å². The minimum atomic E-state index is -0.0115. The number of nitrogens with zero attached hydrogens (tertiary/aromatic N) is 2. The molecule has 1 saturated heterocycles. The monoisotopic (exact) mass is 400 g/mol. The summed E-state index contributed by atoms with van der Waals surface area (Å²) < 4.78 is 5.37. The van der Waals surface area contributed by atoms with Gasteiger partial charge in [-0.05, 0) is 36.5 Å². The molecule has 28 heavy (non-hydrogen) atoms. The predicted molar refractivity (Wildman–Crippen MR) is 113 cm³/mol. The van der Waals surface area contributed by atoms with Crippen LogP contribution in [0.4, 0.5) is 10.8 Å². The summed E-state index contributed by atoms with van der Waals surface area (Å²) in [5, 5.41) is 7.10. The van der Waals surface area contributed by atoms with Crippen LogP contribution in [-0.4, -0.2) is 55.2 Å². The van der Waals surface area contributed by atoms with E-state index in [1.165, 1.54) is 24.1 Å². The van der Waals surface area contributed by atoms with E-state index < -0.39 is 0 Å². The van der Waals surface area contributed by atoms with Crippen molar-refractivity contribution >= 4 is 28.1 Å². The Morgan fingerprint density at radius 1 is 1.21 bits per heavy atom. The number of aromatic nitrogens is 1. The first-order valence-corrected chi connectivity index (χ1v) is 11.0. The lowest BCUT2D eigenvalue weighted by atomic mass is 9.85.